The monoisotopic (exact) mass is 91.0 g/mol. The highest BCUT2D eigenvalue weighted by atomic mass is 32.1. The summed E-state index contributed by atoms with van der Waals surface area (Å²) in [6.45, 7) is 3.19. The normalized spacial score (nSPS) is 8.80. The van der Waals surface area contributed by atoms with Crippen molar-refractivity contribution in [3.63, 3.8) is 0 Å². The topological polar surface area (TPSA) is 29.4 Å². The van der Waals surface area contributed by atoms with Gasteiger partial charge < -0.3 is 0 Å². The van der Waals surface area contributed by atoms with E-state index in [-0.39, 0.29) is 0 Å². The van der Waals surface area contributed by atoms with E-state index in [1.165, 1.54) is 6.20 Å². The van der Waals surface area contributed by atoms with Crippen LogP contribution in [-0.4, -0.2) is 4.21 Å². The van der Waals surface area contributed by atoms with Gasteiger partial charge in [0, 0.05) is 17.7 Å². The summed E-state index contributed by atoms with van der Waals surface area (Å²) in [5.74, 6) is 0. The largest absolute Gasteiger partial charge is 0.256 e. The van der Waals surface area contributed by atoms with Gasteiger partial charge in [-0.05, 0) is 0 Å². The van der Waals surface area contributed by atoms with Crippen molar-refractivity contribution in [2.75, 3.05) is 0 Å². The van der Waals surface area contributed by atoms with Crippen LogP contribution in [0.25, 0.3) is 0 Å². The number of hydrogen-bond acceptors (Lipinski definition) is 2. The highest BCUT2D eigenvalue weighted by Crippen LogP contribution is 1.55. The maximum Gasteiger partial charge on any atom is 0.0291 e. The Kier molecular flexibility index (Phi) is 3.46. The quantitative estimate of drug-likeness (QED) is 0.446. The Morgan fingerprint density at radius 3 is 2.60 bits per heavy atom. The molecule has 0 saturated carbocycles. The first-order valence-electron chi connectivity index (χ1n) is 1.09. The van der Waals surface area contributed by atoms with Gasteiger partial charge >= 0.3 is 0 Å². The minimum absolute atomic E-state index is 0.585. The van der Waals surface area contributed by atoms with Gasteiger partial charge in [0.15, 0.2) is 0 Å². The summed E-state index contributed by atoms with van der Waals surface area (Å²) >= 11 is -0.585. The van der Waals surface area contributed by atoms with Gasteiger partial charge in [-0.15, -0.1) is 0 Å². The lowest BCUT2D eigenvalue weighted by Crippen LogP contribution is -1.32. The Morgan fingerprint density at radius 2 is 2.60 bits per heavy atom. The van der Waals surface area contributed by atoms with Crippen molar-refractivity contribution in [1.29, 1.82) is 0 Å². The predicted molar refractivity (Wildman–Crippen MR) is 23.6 cm³/mol. The minimum Gasteiger partial charge on any atom is -0.256 e. The minimum atomic E-state index is -0.585. The number of rotatable bonds is 1. The molecule has 0 saturated heterocycles. The van der Waals surface area contributed by atoms with Gasteiger partial charge in [-0.2, -0.15) is 0 Å². The summed E-state index contributed by atoms with van der Waals surface area (Å²) in [4.78, 5) is 0. The van der Waals surface area contributed by atoms with Crippen molar-refractivity contribution >= 4 is 11.5 Å². The summed E-state index contributed by atoms with van der Waals surface area (Å²) < 4.78 is 12.5. The summed E-state index contributed by atoms with van der Waals surface area (Å²) in [5.41, 5.74) is 0. The zero-order chi connectivity index (χ0) is 4.12. The van der Waals surface area contributed by atoms with Crippen LogP contribution < -0.4 is 0 Å². The molecule has 0 fully saturated rings. The fraction of sp³-hybridized carbons (Fsp3) is 0. The molecule has 0 spiro atoms. The van der Waals surface area contributed by atoms with Gasteiger partial charge in [0.25, 0.3) is 0 Å². The van der Waals surface area contributed by atoms with Crippen LogP contribution in [0.4, 0.5) is 0 Å². The first-order valence-corrected chi connectivity index (χ1v) is 1.95. The summed E-state index contributed by atoms with van der Waals surface area (Å²) in [5, 5.41) is 0. The highest BCUT2D eigenvalue weighted by molar-refractivity contribution is 7.54. The van der Waals surface area contributed by atoms with E-state index in [9.17, 15) is 4.21 Å². The van der Waals surface area contributed by atoms with Gasteiger partial charge in [0.1, 0.15) is 0 Å². The maximum absolute atomic E-state index is 9.32. The molecule has 0 radical (unpaired) electrons. The van der Waals surface area contributed by atoms with E-state index in [2.05, 4.69) is 10.9 Å². The SMILES string of the molecule is C=CN=[SH2]=O. The van der Waals surface area contributed by atoms with E-state index >= 15 is 0 Å². The molecule has 0 aliphatic heterocycles. The number of hydrogen-bond donors (Lipinski definition) is 0. The van der Waals surface area contributed by atoms with Crippen LogP contribution in [0.2, 0.25) is 0 Å². The maximum atomic E-state index is 9.32. The van der Waals surface area contributed by atoms with Gasteiger partial charge in [0.05, 0.1) is 0 Å². The second-order valence-corrected chi connectivity index (χ2v) is 0.844. The molecule has 2 nitrogen and oxygen atoms in total. The van der Waals surface area contributed by atoms with E-state index < -0.39 is 11.5 Å². The van der Waals surface area contributed by atoms with Crippen LogP contribution in [0.15, 0.2) is 17.1 Å². The fourth-order valence-corrected chi connectivity index (χ4v) is 0.112. The Bertz CT molecular complexity index is 73.7. The van der Waals surface area contributed by atoms with Crippen molar-refractivity contribution in [3.8, 4) is 0 Å². The molecule has 30 valence electrons. The average molecular weight is 91.1 g/mol. The highest BCUT2D eigenvalue weighted by Gasteiger charge is 1.34. The second-order valence-electron chi connectivity index (χ2n) is 0.403. The Hall–Kier alpha value is -0.310. The van der Waals surface area contributed by atoms with Crippen LogP contribution in [0.3, 0.4) is 0 Å². The van der Waals surface area contributed by atoms with Crippen molar-refractivity contribution in [3.05, 3.63) is 12.8 Å². The van der Waals surface area contributed by atoms with Gasteiger partial charge in [-0.25, -0.2) is 4.36 Å². The molecule has 0 heterocycles. The van der Waals surface area contributed by atoms with E-state index in [0.29, 0.717) is 0 Å². The average Bonchev–Trinajstić information content (AvgIpc) is 1.41. The molecular weight excluding hydrogens is 86.1 g/mol. The Balaban J connectivity index is 3.31. The van der Waals surface area contributed by atoms with Crippen LogP contribution in [0, 0.1) is 0 Å². The third kappa shape index (κ3) is 3.69. The van der Waals surface area contributed by atoms with E-state index in [4.69, 9.17) is 0 Å². The van der Waals surface area contributed by atoms with Crippen LogP contribution in [0.5, 0.6) is 0 Å². The molecule has 0 bridgehead atoms. The van der Waals surface area contributed by atoms with Crippen LogP contribution in [0.1, 0.15) is 0 Å². The molecule has 0 aliphatic carbocycles. The standard InChI is InChI=1S/C2H5NOS/c1-2-3-5-4/h2H,1,5H2. The molecule has 5 heavy (non-hydrogen) atoms. The van der Waals surface area contributed by atoms with Gasteiger partial charge in [-0.3, -0.25) is 4.21 Å². The molecule has 0 aromatic carbocycles. The lowest BCUT2D eigenvalue weighted by atomic mass is 11.1. The molecule has 0 atom stereocenters. The molecule has 0 amide bonds. The van der Waals surface area contributed by atoms with E-state index in [1.54, 1.807) is 0 Å². The third-order valence-corrected chi connectivity index (χ3v) is 0.432. The van der Waals surface area contributed by atoms with Crippen LogP contribution in [-0.2, 0) is 11.5 Å². The van der Waals surface area contributed by atoms with Gasteiger partial charge in [-0.1, -0.05) is 6.58 Å². The lowest BCUT2D eigenvalue weighted by molar-refractivity contribution is 0.698. The molecule has 0 rings (SSSR count). The number of nitrogens with zero attached hydrogens (tertiary/aromatic N) is 1. The summed E-state index contributed by atoms with van der Waals surface area (Å²) in [6, 6.07) is 0. The molecule has 0 aliphatic rings. The lowest BCUT2D eigenvalue weighted by Gasteiger charge is -1.50. The third-order valence-electron chi connectivity index (χ3n) is 0.144. The Morgan fingerprint density at radius 1 is 2.00 bits per heavy atom. The zero-order valence-electron chi connectivity index (χ0n) is 2.64. The summed E-state index contributed by atoms with van der Waals surface area (Å²) in [6.07, 6.45) is 1.26. The zero-order valence-corrected chi connectivity index (χ0v) is 3.64. The first-order chi connectivity index (χ1) is 2.41. The predicted octanol–water partition coefficient (Wildman–Crippen LogP) is -0.00890. The molecule has 0 aromatic heterocycles. The fourth-order valence-electron chi connectivity index (χ4n) is 0.0373. The molecule has 0 aromatic rings. The molecular formula is C2H5NOS. The van der Waals surface area contributed by atoms with E-state index in [1.807, 2.05) is 0 Å². The van der Waals surface area contributed by atoms with Crippen molar-refractivity contribution < 1.29 is 4.21 Å². The van der Waals surface area contributed by atoms with Crippen molar-refractivity contribution in [1.82, 2.24) is 0 Å². The Labute approximate surface area is 33.8 Å². The summed E-state index contributed by atoms with van der Waals surface area (Å²) in [7, 11) is 0. The smallest absolute Gasteiger partial charge is 0.0291 e. The van der Waals surface area contributed by atoms with Crippen molar-refractivity contribution in [2.24, 2.45) is 4.36 Å². The first kappa shape index (κ1) is 4.69. The van der Waals surface area contributed by atoms with Crippen molar-refractivity contribution in [2.45, 2.75) is 0 Å². The molecule has 3 heteroatoms. The molecule has 0 N–H and O–H groups in total. The van der Waals surface area contributed by atoms with Crippen LogP contribution >= 0.6 is 0 Å². The van der Waals surface area contributed by atoms with E-state index in [0.717, 1.165) is 0 Å². The second kappa shape index (κ2) is 3.69. The van der Waals surface area contributed by atoms with Gasteiger partial charge in [0.2, 0.25) is 0 Å². The molecule has 0 unspecified atom stereocenters.